The first-order chi connectivity index (χ1) is 13.4. The fraction of sp³-hybridized carbons (Fsp3) is 0.211. The molecule has 0 fully saturated rings. The second-order valence-electron chi connectivity index (χ2n) is 5.91. The van der Waals surface area contributed by atoms with Crippen LogP contribution in [0.15, 0.2) is 46.0 Å². The van der Waals surface area contributed by atoms with Crippen molar-refractivity contribution >= 4 is 34.1 Å². The number of ether oxygens (including phenoxy) is 2. The summed E-state index contributed by atoms with van der Waals surface area (Å²) in [6, 6.07) is 9.81. The van der Waals surface area contributed by atoms with Gasteiger partial charge in [-0.05, 0) is 12.1 Å². The highest BCUT2D eigenvalue weighted by molar-refractivity contribution is 6.32. The van der Waals surface area contributed by atoms with Gasteiger partial charge in [-0.25, -0.2) is 4.79 Å². The maximum Gasteiger partial charge on any atom is 0.328 e. The van der Waals surface area contributed by atoms with Crippen LogP contribution in [0.2, 0.25) is 5.02 Å². The van der Waals surface area contributed by atoms with Crippen molar-refractivity contribution < 1.29 is 14.3 Å². The Labute approximate surface area is 164 Å². The molecule has 3 aromatic rings. The fourth-order valence-electron chi connectivity index (χ4n) is 2.85. The van der Waals surface area contributed by atoms with Gasteiger partial charge in [0.25, 0.3) is 5.56 Å². The third kappa shape index (κ3) is 3.86. The highest BCUT2D eigenvalue weighted by Gasteiger charge is 2.14. The number of aromatic amines is 1. The first kappa shape index (κ1) is 19.5. The molecule has 3 rings (SSSR count). The molecule has 9 heteroatoms. The smallest absolute Gasteiger partial charge is 0.328 e. The predicted molar refractivity (Wildman–Crippen MR) is 107 cm³/mol. The molecule has 0 unspecified atom stereocenters. The van der Waals surface area contributed by atoms with Gasteiger partial charge in [-0.2, -0.15) is 0 Å². The first-order valence-corrected chi connectivity index (χ1v) is 8.75. The van der Waals surface area contributed by atoms with E-state index in [1.54, 1.807) is 30.3 Å². The lowest BCUT2D eigenvalue weighted by Crippen LogP contribution is -2.31. The average Bonchev–Trinajstić information content (AvgIpc) is 2.68. The van der Waals surface area contributed by atoms with E-state index in [1.807, 2.05) is 0 Å². The summed E-state index contributed by atoms with van der Waals surface area (Å²) in [5.41, 5.74) is -0.163. The van der Waals surface area contributed by atoms with Crippen molar-refractivity contribution in [2.45, 2.75) is 13.0 Å². The molecule has 2 N–H and O–H groups in total. The number of anilines is 1. The van der Waals surface area contributed by atoms with E-state index in [4.69, 9.17) is 21.1 Å². The third-order valence-electron chi connectivity index (χ3n) is 4.22. The lowest BCUT2D eigenvalue weighted by Gasteiger charge is -2.14. The standard InChI is InChI=1S/C19H18ClN3O5/c1-27-15-10-13(16(28-2)9-12(15)20)21-17(24)7-8-23-14-6-4-3-5-11(14)18(25)22-19(23)26/h3-6,9-10H,7-8H2,1-2H3,(H,21,24)(H,22,25,26). The van der Waals surface area contributed by atoms with Crippen LogP contribution < -0.4 is 26.0 Å². The van der Waals surface area contributed by atoms with E-state index >= 15 is 0 Å². The van der Waals surface area contributed by atoms with Gasteiger partial charge >= 0.3 is 5.69 Å². The number of benzene rings is 2. The number of methoxy groups -OCH3 is 2. The Hall–Kier alpha value is -3.26. The quantitative estimate of drug-likeness (QED) is 0.658. The molecule has 0 radical (unpaired) electrons. The van der Waals surface area contributed by atoms with Crippen molar-refractivity contribution in [3.63, 3.8) is 0 Å². The number of nitrogens with zero attached hydrogens (tertiary/aromatic N) is 1. The molecule has 0 aliphatic carbocycles. The summed E-state index contributed by atoms with van der Waals surface area (Å²) in [6.07, 6.45) is 0.00401. The maximum atomic E-state index is 12.4. The number of rotatable bonds is 6. The number of aryl methyl sites for hydroxylation is 1. The number of carbonyl (C=O) groups is 1. The van der Waals surface area contributed by atoms with Crippen LogP contribution in [0.5, 0.6) is 11.5 Å². The van der Waals surface area contributed by atoms with E-state index in [2.05, 4.69) is 10.3 Å². The molecule has 146 valence electrons. The minimum atomic E-state index is -0.567. The van der Waals surface area contributed by atoms with Crippen LogP contribution in [-0.4, -0.2) is 29.7 Å². The number of H-pyrrole nitrogens is 1. The lowest BCUT2D eigenvalue weighted by molar-refractivity contribution is -0.116. The number of amides is 1. The second-order valence-corrected chi connectivity index (χ2v) is 6.32. The Morgan fingerprint density at radius 3 is 2.57 bits per heavy atom. The highest BCUT2D eigenvalue weighted by Crippen LogP contribution is 2.35. The number of para-hydroxylation sites is 1. The van der Waals surface area contributed by atoms with Crippen molar-refractivity contribution in [3.8, 4) is 11.5 Å². The molecule has 2 aromatic carbocycles. The minimum Gasteiger partial charge on any atom is -0.495 e. The molecule has 0 atom stereocenters. The Balaban J connectivity index is 1.82. The van der Waals surface area contributed by atoms with E-state index in [-0.39, 0.29) is 18.9 Å². The van der Waals surface area contributed by atoms with Crippen LogP contribution in [-0.2, 0) is 11.3 Å². The molecule has 1 amide bonds. The van der Waals surface area contributed by atoms with E-state index in [0.717, 1.165) is 0 Å². The molecule has 1 heterocycles. The molecule has 0 saturated heterocycles. The zero-order chi connectivity index (χ0) is 20.3. The number of carbonyl (C=O) groups excluding carboxylic acids is 1. The van der Waals surface area contributed by atoms with Crippen molar-refractivity contribution in [1.82, 2.24) is 9.55 Å². The number of hydrogen-bond acceptors (Lipinski definition) is 5. The van der Waals surface area contributed by atoms with Crippen molar-refractivity contribution in [3.05, 3.63) is 62.3 Å². The van der Waals surface area contributed by atoms with Gasteiger partial charge in [0.1, 0.15) is 11.5 Å². The van der Waals surface area contributed by atoms with Crippen LogP contribution in [0.4, 0.5) is 5.69 Å². The van der Waals surface area contributed by atoms with Gasteiger partial charge in [0.15, 0.2) is 0 Å². The molecule has 28 heavy (non-hydrogen) atoms. The molecule has 0 saturated carbocycles. The SMILES string of the molecule is COc1cc(NC(=O)CCn2c(=O)[nH]c(=O)c3ccccc32)c(OC)cc1Cl. The summed E-state index contributed by atoms with van der Waals surface area (Å²) < 4.78 is 11.7. The van der Waals surface area contributed by atoms with Gasteiger partial charge in [-0.15, -0.1) is 0 Å². The maximum absolute atomic E-state index is 12.4. The van der Waals surface area contributed by atoms with Gasteiger partial charge in [0.2, 0.25) is 5.91 Å². The summed E-state index contributed by atoms with van der Waals surface area (Å²) in [4.78, 5) is 38.8. The fourth-order valence-corrected chi connectivity index (χ4v) is 3.08. The van der Waals surface area contributed by atoms with Crippen molar-refractivity contribution in [2.75, 3.05) is 19.5 Å². The van der Waals surface area contributed by atoms with Gasteiger partial charge in [-0.1, -0.05) is 23.7 Å². The van der Waals surface area contributed by atoms with Crippen LogP contribution in [0.1, 0.15) is 6.42 Å². The van der Waals surface area contributed by atoms with Gasteiger partial charge in [-0.3, -0.25) is 19.1 Å². The molecule has 0 aliphatic rings. The van der Waals surface area contributed by atoms with Crippen LogP contribution >= 0.6 is 11.6 Å². The molecule has 0 aliphatic heterocycles. The van der Waals surface area contributed by atoms with E-state index < -0.39 is 11.2 Å². The summed E-state index contributed by atoms with van der Waals surface area (Å²) in [5, 5.41) is 3.45. The van der Waals surface area contributed by atoms with Crippen LogP contribution in [0, 0.1) is 0 Å². The number of aromatic nitrogens is 2. The van der Waals surface area contributed by atoms with Crippen LogP contribution in [0.25, 0.3) is 10.9 Å². The average molecular weight is 404 g/mol. The topological polar surface area (TPSA) is 102 Å². The Morgan fingerprint density at radius 2 is 1.86 bits per heavy atom. The Morgan fingerprint density at radius 1 is 1.14 bits per heavy atom. The molecular weight excluding hydrogens is 386 g/mol. The number of fused-ring (bicyclic) bond motifs is 1. The summed E-state index contributed by atoms with van der Waals surface area (Å²) in [6.45, 7) is 0.0923. The van der Waals surface area contributed by atoms with Crippen molar-refractivity contribution in [1.29, 1.82) is 0 Å². The zero-order valence-electron chi connectivity index (χ0n) is 15.2. The summed E-state index contributed by atoms with van der Waals surface area (Å²) >= 11 is 6.06. The predicted octanol–water partition coefficient (Wildman–Crippen LogP) is 2.39. The van der Waals surface area contributed by atoms with Gasteiger partial charge in [0, 0.05) is 25.1 Å². The first-order valence-electron chi connectivity index (χ1n) is 8.38. The monoisotopic (exact) mass is 403 g/mol. The normalized spacial score (nSPS) is 10.7. The van der Waals surface area contributed by atoms with Crippen molar-refractivity contribution in [2.24, 2.45) is 0 Å². The molecule has 0 bridgehead atoms. The number of hydrogen-bond donors (Lipinski definition) is 2. The van der Waals surface area contributed by atoms with E-state index in [1.165, 1.54) is 24.9 Å². The minimum absolute atomic E-state index is 0.00401. The summed E-state index contributed by atoms with van der Waals surface area (Å²) in [5.74, 6) is 0.427. The molecule has 1 aromatic heterocycles. The number of halogens is 1. The van der Waals surface area contributed by atoms with Gasteiger partial charge < -0.3 is 14.8 Å². The molecule has 0 spiro atoms. The lowest BCUT2D eigenvalue weighted by atomic mass is 10.2. The van der Waals surface area contributed by atoms with E-state index in [0.29, 0.717) is 33.1 Å². The van der Waals surface area contributed by atoms with Gasteiger partial charge in [0.05, 0.1) is 35.8 Å². The third-order valence-corrected chi connectivity index (χ3v) is 4.51. The Kier molecular flexibility index (Phi) is 5.70. The van der Waals surface area contributed by atoms with E-state index in [9.17, 15) is 14.4 Å². The second kappa shape index (κ2) is 8.18. The van der Waals surface area contributed by atoms with Crippen LogP contribution in [0.3, 0.4) is 0 Å². The summed E-state index contributed by atoms with van der Waals surface area (Å²) in [7, 11) is 2.92. The zero-order valence-corrected chi connectivity index (χ0v) is 16.0. The Bertz CT molecular complexity index is 1150. The molecule has 8 nitrogen and oxygen atoms in total. The highest BCUT2D eigenvalue weighted by atomic mass is 35.5. The number of nitrogens with one attached hydrogen (secondary N) is 2. The molecular formula is C19H18ClN3O5. The largest absolute Gasteiger partial charge is 0.495 e.